The van der Waals surface area contributed by atoms with E-state index in [1.165, 1.54) is 11.0 Å². The number of hydrogen-bond acceptors (Lipinski definition) is 6. The Balaban J connectivity index is 1.16. The first kappa shape index (κ1) is 21.6. The Hall–Kier alpha value is -3.26. The van der Waals surface area contributed by atoms with Crippen molar-refractivity contribution in [3.05, 3.63) is 60.4 Å². The molecule has 168 valence electrons. The van der Waals surface area contributed by atoms with E-state index in [1.54, 1.807) is 19.3 Å². The Morgan fingerprint density at radius 2 is 1.94 bits per heavy atom. The molecule has 0 spiro atoms. The van der Waals surface area contributed by atoms with Gasteiger partial charge in [-0.15, -0.1) is 0 Å². The number of rotatable bonds is 7. The topological polar surface area (TPSA) is 77.1 Å². The van der Waals surface area contributed by atoms with E-state index >= 15 is 0 Å². The van der Waals surface area contributed by atoms with Gasteiger partial charge in [-0.1, -0.05) is 28.8 Å². The molecular weight excluding hydrogens is 413 g/mol. The van der Waals surface area contributed by atoms with Gasteiger partial charge in [-0.25, -0.2) is 0 Å². The molecule has 5 rings (SSSR count). The number of pyridine rings is 1. The largest absolute Gasteiger partial charge is 0.347 e. The molecule has 1 aliphatic heterocycles. The summed E-state index contributed by atoms with van der Waals surface area (Å²) in [6.45, 7) is 5.66. The van der Waals surface area contributed by atoms with Crippen LogP contribution in [-0.4, -0.2) is 57.9 Å². The number of benzene rings is 1. The number of fused-ring (bicyclic) bond motifs is 1. The fourth-order valence-electron chi connectivity index (χ4n) is 4.89. The van der Waals surface area contributed by atoms with Gasteiger partial charge in [0.25, 0.3) is 0 Å². The van der Waals surface area contributed by atoms with Gasteiger partial charge in [0.05, 0.1) is 0 Å². The lowest BCUT2D eigenvalue weighted by atomic mass is 9.93. The maximum atomic E-state index is 12.1. The van der Waals surface area contributed by atoms with E-state index in [1.807, 2.05) is 24.4 Å². The zero-order valence-electron chi connectivity index (χ0n) is 19.2. The Labute approximate surface area is 194 Å². The highest BCUT2D eigenvalue weighted by Crippen LogP contribution is 2.28. The summed E-state index contributed by atoms with van der Waals surface area (Å²) in [6.07, 6.45) is 8.61. The van der Waals surface area contributed by atoms with Gasteiger partial charge in [-0.3, -0.25) is 9.78 Å². The molecule has 33 heavy (non-hydrogen) atoms. The van der Waals surface area contributed by atoms with Crippen LogP contribution in [0.4, 0.5) is 0 Å². The number of carbonyl (C=O) groups excluding carboxylic acids is 1. The molecule has 3 aromatic heterocycles. The zero-order valence-corrected chi connectivity index (χ0v) is 19.2. The standard InChI is InChI=1S/C25H28BN5O2/c1-17(32)21-16-31(23-20(21)4-2-5-22(23)26)13-3-12-30-14-8-19(9-15-30)25-28-24(29-33-25)18-6-10-27-11-7-18/h2,4-7,10-11,16,19H,3,8-9,12-15,26H2,1H3. The van der Waals surface area contributed by atoms with Gasteiger partial charge in [-0.2, -0.15) is 4.98 Å². The van der Waals surface area contributed by atoms with Crippen molar-refractivity contribution in [3.63, 3.8) is 0 Å². The summed E-state index contributed by atoms with van der Waals surface area (Å²) >= 11 is 0. The van der Waals surface area contributed by atoms with Gasteiger partial charge in [0.1, 0.15) is 7.85 Å². The van der Waals surface area contributed by atoms with Crippen molar-refractivity contribution in [1.29, 1.82) is 0 Å². The van der Waals surface area contributed by atoms with E-state index in [-0.39, 0.29) is 5.78 Å². The number of hydrogen-bond donors (Lipinski definition) is 0. The zero-order chi connectivity index (χ0) is 22.8. The number of nitrogens with zero attached hydrogens (tertiary/aromatic N) is 5. The minimum absolute atomic E-state index is 0.125. The Bertz CT molecular complexity index is 1260. The molecule has 0 bridgehead atoms. The summed E-state index contributed by atoms with van der Waals surface area (Å²) in [4.78, 5) is 23.3. The normalized spacial score (nSPS) is 15.3. The molecule has 4 heterocycles. The molecule has 0 radical (unpaired) electrons. The van der Waals surface area contributed by atoms with Gasteiger partial charge in [0.2, 0.25) is 11.7 Å². The van der Waals surface area contributed by atoms with Crippen LogP contribution in [0, 0.1) is 0 Å². The summed E-state index contributed by atoms with van der Waals surface area (Å²) in [5.41, 5.74) is 4.15. The number of piperidine rings is 1. The second kappa shape index (κ2) is 9.31. The number of para-hydroxylation sites is 1. The molecule has 7 nitrogen and oxygen atoms in total. The molecule has 1 aromatic carbocycles. The molecule has 0 unspecified atom stereocenters. The first-order valence-electron chi connectivity index (χ1n) is 11.7. The van der Waals surface area contributed by atoms with Gasteiger partial charge < -0.3 is 14.0 Å². The predicted molar refractivity (Wildman–Crippen MR) is 131 cm³/mol. The van der Waals surface area contributed by atoms with Crippen molar-refractivity contribution >= 4 is 30.0 Å². The number of aryl methyl sites for hydroxylation is 1. The van der Waals surface area contributed by atoms with Crippen LogP contribution in [0.3, 0.4) is 0 Å². The molecule has 0 atom stereocenters. The van der Waals surface area contributed by atoms with E-state index < -0.39 is 0 Å². The maximum absolute atomic E-state index is 12.1. The summed E-state index contributed by atoms with van der Waals surface area (Å²) in [7, 11) is 2.12. The molecule has 4 aromatic rings. The van der Waals surface area contributed by atoms with Gasteiger partial charge in [0, 0.05) is 53.1 Å². The summed E-state index contributed by atoms with van der Waals surface area (Å²) in [5.74, 6) is 1.82. The number of Topliss-reactive ketones (excluding diaryl/α,β-unsaturated/α-hetero) is 1. The number of likely N-dealkylation sites (tertiary alicyclic amines) is 1. The second-order valence-electron chi connectivity index (χ2n) is 8.93. The molecule has 0 N–H and O–H groups in total. The van der Waals surface area contributed by atoms with Crippen molar-refractivity contribution in [1.82, 2.24) is 24.6 Å². The van der Waals surface area contributed by atoms with Crippen LogP contribution in [0.15, 0.2) is 53.4 Å². The van der Waals surface area contributed by atoms with E-state index in [4.69, 9.17) is 4.52 Å². The summed E-state index contributed by atoms with van der Waals surface area (Å²) in [5, 5.41) is 5.22. The van der Waals surface area contributed by atoms with E-state index in [0.717, 1.165) is 67.8 Å². The minimum atomic E-state index is 0.125. The van der Waals surface area contributed by atoms with Crippen LogP contribution in [0.1, 0.15) is 48.4 Å². The first-order valence-corrected chi connectivity index (χ1v) is 11.7. The third-order valence-electron chi connectivity index (χ3n) is 6.67. The van der Waals surface area contributed by atoms with Crippen LogP contribution >= 0.6 is 0 Å². The van der Waals surface area contributed by atoms with Gasteiger partial charge >= 0.3 is 0 Å². The highest BCUT2D eigenvalue weighted by Gasteiger charge is 2.25. The van der Waals surface area contributed by atoms with Crippen molar-refractivity contribution in [2.75, 3.05) is 19.6 Å². The molecule has 1 aliphatic rings. The minimum Gasteiger partial charge on any atom is -0.347 e. The molecule has 1 saturated heterocycles. The molecule has 0 aliphatic carbocycles. The third-order valence-corrected chi connectivity index (χ3v) is 6.67. The van der Waals surface area contributed by atoms with Crippen LogP contribution in [0.25, 0.3) is 22.3 Å². The Morgan fingerprint density at radius 1 is 1.15 bits per heavy atom. The fraction of sp³-hybridized carbons (Fsp3) is 0.360. The Kier molecular flexibility index (Phi) is 6.09. The van der Waals surface area contributed by atoms with Crippen molar-refractivity contribution < 1.29 is 9.32 Å². The molecule has 0 saturated carbocycles. The van der Waals surface area contributed by atoms with Crippen LogP contribution < -0.4 is 5.46 Å². The molecule has 1 fully saturated rings. The van der Waals surface area contributed by atoms with Gasteiger partial charge in [-0.05, 0) is 58.0 Å². The first-order chi connectivity index (χ1) is 16.1. The van der Waals surface area contributed by atoms with E-state index in [2.05, 4.69) is 44.6 Å². The summed E-state index contributed by atoms with van der Waals surface area (Å²) in [6, 6.07) is 9.99. The van der Waals surface area contributed by atoms with Crippen molar-refractivity contribution in [2.45, 2.75) is 38.6 Å². The highest BCUT2D eigenvalue weighted by molar-refractivity contribution is 6.38. The monoisotopic (exact) mass is 441 g/mol. The van der Waals surface area contributed by atoms with Crippen LogP contribution in [-0.2, 0) is 6.54 Å². The molecular formula is C25H28BN5O2. The molecule has 8 heteroatoms. The quantitative estimate of drug-likeness (QED) is 0.324. The van der Waals surface area contributed by atoms with Crippen molar-refractivity contribution in [3.8, 4) is 11.4 Å². The van der Waals surface area contributed by atoms with E-state index in [0.29, 0.717) is 11.7 Å². The predicted octanol–water partition coefficient (Wildman–Crippen LogP) is 2.82. The average Bonchev–Trinajstić information content (AvgIpc) is 3.47. The van der Waals surface area contributed by atoms with Crippen LogP contribution in [0.5, 0.6) is 0 Å². The van der Waals surface area contributed by atoms with E-state index in [9.17, 15) is 4.79 Å². The highest BCUT2D eigenvalue weighted by atomic mass is 16.5. The summed E-state index contributed by atoms with van der Waals surface area (Å²) < 4.78 is 7.83. The third kappa shape index (κ3) is 4.48. The Morgan fingerprint density at radius 3 is 2.70 bits per heavy atom. The number of aromatic nitrogens is 4. The SMILES string of the molecule is Bc1cccc2c(C(C)=O)cn(CCCN3CCC(c4nc(-c5ccncc5)no4)CC3)c12. The smallest absolute Gasteiger partial charge is 0.230 e. The number of ketones is 1. The van der Waals surface area contributed by atoms with Crippen LogP contribution in [0.2, 0.25) is 0 Å². The van der Waals surface area contributed by atoms with Gasteiger partial charge in [0.15, 0.2) is 5.78 Å². The molecule has 0 amide bonds. The lowest BCUT2D eigenvalue weighted by Crippen LogP contribution is -2.34. The maximum Gasteiger partial charge on any atom is 0.230 e. The number of carbonyl (C=O) groups is 1. The lowest BCUT2D eigenvalue weighted by molar-refractivity contribution is 0.101. The lowest BCUT2D eigenvalue weighted by Gasteiger charge is -2.30. The average molecular weight is 441 g/mol. The second-order valence-corrected chi connectivity index (χ2v) is 8.93. The van der Waals surface area contributed by atoms with Crippen molar-refractivity contribution in [2.24, 2.45) is 0 Å². The fourth-order valence-corrected chi connectivity index (χ4v) is 4.89.